The molecule has 0 bridgehead atoms. The summed E-state index contributed by atoms with van der Waals surface area (Å²) in [6.45, 7) is 5.98. The summed E-state index contributed by atoms with van der Waals surface area (Å²) < 4.78 is 25.4. The molecule has 1 N–H and O–H groups in total. The molecule has 1 rings (SSSR count). The summed E-state index contributed by atoms with van der Waals surface area (Å²) in [6, 6.07) is 0. The van der Waals surface area contributed by atoms with Crippen LogP contribution in [0.5, 0.6) is 0 Å². The zero-order valence-electron chi connectivity index (χ0n) is 7.22. The van der Waals surface area contributed by atoms with Crippen LogP contribution in [0.4, 0.5) is 0 Å². The lowest BCUT2D eigenvalue weighted by Gasteiger charge is -2.17. The molecule has 66 valence electrons. The molecule has 3 nitrogen and oxygen atoms in total. The smallest absolute Gasteiger partial charge is 0.208 e. The van der Waals surface area contributed by atoms with Crippen molar-refractivity contribution in [2.75, 3.05) is 0 Å². The molecule has 0 heterocycles. The van der Waals surface area contributed by atoms with Crippen molar-refractivity contribution >= 4 is 18.3 Å². The number of rotatable bonds is 3. The van der Waals surface area contributed by atoms with Gasteiger partial charge in [0, 0.05) is 0 Å². The molecule has 0 aliphatic heterocycles. The average Bonchev–Trinajstić information content (AvgIpc) is 2.30. The molecule has 0 unspecified atom stereocenters. The second-order valence-corrected chi connectivity index (χ2v) is 11.2. The predicted octanol–water partition coefficient (Wildman–Crippen LogP) is 0.903. The summed E-state index contributed by atoms with van der Waals surface area (Å²) in [7, 11) is -4.59. The number of sulfonamides is 1. The first-order valence-corrected chi connectivity index (χ1v) is 8.89. The number of hydrogen-bond acceptors (Lipinski definition) is 2. The van der Waals surface area contributed by atoms with Crippen molar-refractivity contribution in [2.45, 2.75) is 37.7 Å². The summed E-state index contributed by atoms with van der Waals surface area (Å²) >= 11 is 0. The Hall–Kier alpha value is 0.127. The lowest BCUT2D eigenvalue weighted by Crippen LogP contribution is -2.46. The van der Waals surface area contributed by atoms with Gasteiger partial charge in [0.25, 0.3) is 0 Å². The Balaban J connectivity index is 2.60. The Morgan fingerprint density at radius 3 is 2.00 bits per heavy atom. The number of nitrogens with one attached hydrogen (secondary N) is 1. The highest BCUT2D eigenvalue weighted by Gasteiger charge is 2.37. The van der Waals surface area contributed by atoms with E-state index in [4.69, 9.17) is 0 Å². The Bertz CT molecular complexity index is 238. The van der Waals surface area contributed by atoms with Gasteiger partial charge in [0.1, 0.15) is 8.24 Å². The predicted molar refractivity (Wildman–Crippen MR) is 48.4 cm³/mol. The molecule has 0 aromatic heterocycles. The van der Waals surface area contributed by atoms with Gasteiger partial charge < -0.3 is 0 Å². The highest BCUT2D eigenvalue weighted by atomic mass is 32.2. The summed E-state index contributed by atoms with van der Waals surface area (Å²) in [5.74, 6) is 0. The van der Waals surface area contributed by atoms with E-state index in [-0.39, 0.29) is 5.25 Å². The molecule has 0 spiro atoms. The Kier molecular flexibility index (Phi) is 2.15. The number of hydrogen-bond donors (Lipinski definition) is 1. The van der Waals surface area contributed by atoms with Crippen molar-refractivity contribution in [2.24, 2.45) is 0 Å². The van der Waals surface area contributed by atoms with Gasteiger partial charge in [-0.25, -0.2) is 12.8 Å². The third kappa shape index (κ3) is 2.92. The van der Waals surface area contributed by atoms with E-state index < -0.39 is 18.3 Å². The van der Waals surface area contributed by atoms with Crippen molar-refractivity contribution in [1.29, 1.82) is 0 Å². The fourth-order valence-electron chi connectivity index (χ4n) is 0.888. The fourth-order valence-corrected chi connectivity index (χ4v) is 5.73. The third-order valence-electron chi connectivity index (χ3n) is 1.41. The van der Waals surface area contributed by atoms with Crippen LogP contribution in [0.2, 0.25) is 19.6 Å². The van der Waals surface area contributed by atoms with Crippen molar-refractivity contribution in [3.05, 3.63) is 0 Å². The minimum absolute atomic E-state index is 0.0748. The first kappa shape index (κ1) is 9.22. The summed E-state index contributed by atoms with van der Waals surface area (Å²) in [6.07, 6.45) is 1.69. The summed E-state index contributed by atoms with van der Waals surface area (Å²) in [4.78, 5) is 0. The molecule has 0 amide bonds. The van der Waals surface area contributed by atoms with E-state index >= 15 is 0 Å². The molecule has 0 aromatic rings. The van der Waals surface area contributed by atoms with Crippen LogP contribution in [0.3, 0.4) is 0 Å². The Morgan fingerprint density at radius 1 is 1.27 bits per heavy atom. The topological polar surface area (TPSA) is 46.2 Å². The van der Waals surface area contributed by atoms with Gasteiger partial charge in [-0.05, 0) is 12.8 Å². The second-order valence-electron chi connectivity index (χ2n) is 4.10. The van der Waals surface area contributed by atoms with Gasteiger partial charge in [-0.1, -0.05) is 19.6 Å². The Labute approximate surface area is 69.3 Å². The molecule has 0 radical (unpaired) electrons. The third-order valence-corrected chi connectivity index (χ3v) is 6.35. The maximum Gasteiger partial charge on any atom is 0.208 e. The van der Waals surface area contributed by atoms with Crippen LogP contribution in [-0.4, -0.2) is 21.9 Å². The van der Waals surface area contributed by atoms with Gasteiger partial charge in [0.15, 0.2) is 0 Å². The molecule has 0 aromatic carbocycles. The first-order chi connectivity index (χ1) is 4.81. The highest BCUT2D eigenvalue weighted by Crippen LogP contribution is 2.28. The molecule has 1 fully saturated rings. The van der Waals surface area contributed by atoms with Gasteiger partial charge >= 0.3 is 0 Å². The van der Waals surface area contributed by atoms with Gasteiger partial charge in [-0.15, -0.1) is 0 Å². The van der Waals surface area contributed by atoms with Crippen LogP contribution in [0, 0.1) is 0 Å². The molecular weight excluding hydrogens is 178 g/mol. The van der Waals surface area contributed by atoms with Crippen LogP contribution in [0.1, 0.15) is 12.8 Å². The van der Waals surface area contributed by atoms with Crippen molar-refractivity contribution in [3.63, 3.8) is 0 Å². The standard InChI is InChI=1S/C6H15NO2SSi/c1-11(2,3)7-10(8,9)6-4-5-6/h6-7H,4-5H2,1-3H3. The average molecular weight is 193 g/mol. The van der Waals surface area contributed by atoms with Crippen LogP contribution < -0.4 is 4.39 Å². The van der Waals surface area contributed by atoms with Crippen molar-refractivity contribution in [3.8, 4) is 0 Å². The maximum atomic E-state index is 11.3. The van der Waals surface area contributed by atoms with E-state index in [1.54, 1.807) is 0 Å². The van der Waals surface area contributed by atoms with E-state index in [2.05, 4.69) is 4.39 Å². The zero-order valence-corrected chi connectivity index (χ0v) is 9.03. The fraction of sp³-hybridized carbons (Fsp3) is 1.00. The van der Waals surface area contributed by atoms with E-state index in [1.165, 1.54) is 0 Å². The lowest BCUT2D eigenvalue weighted by molar-refractivity contribution is 0.591. The van der Waals surface area contributed by atoms with Crippen molar-refractivity contribution < 1.29 is 8.42 Å². The van der Waals surface area contributed by atoms with Crippen LogP contribution in [-0.2, 0) is 10.0 Å². The molecule has 0 atom stereocenters. The summed E-state index contributed by atoms with van der Waals surface area (Å²) in [5, 5.41) is -0.0748. The molecule has 0 saturated heterocycles. The van der Waals surface area contributed by atoms with Crippen LogP contribution >= 0.6 is 0 Å². The minimum atomic E-state index is -2.93. The lowest BCUT2D eigenvalue weighted by atomic mass is 11.0. The van der Waals surface area contributed by atoms with Crippen molar-refractivity contribution in [1.82, 2.24) is 4.39 Å². The van der Waals surface area contributed by atoms with E-state index in [0.29, 0.717) is 0 Å². The largest absolute Gasteiger partial charge is 0.237 e. The molecule has 1 saturated carbocycles. The molecule has 5 heteroatoms. The summed E-state index contributed by atoms with van der Waals surface area (Å²) in [5.41, 5.74) is 0. The molecule has 1 aliphatic rings. The normalized spacial score (nSPS) is 20.3. The van der Waals surface area contributed by atoms with Crippen LogP contribution in [0.25, 0.3) is 0 Å². The van der Waals surface area contributed by atoms with Crippen LogP contribution in [0.15, 0.2) is 0 Å². The zero-order chi connectivity index (χ0) is 8.70. The van der Waals surface area contributed by atoms with E-state index in [0.717, 1.165) is 12.8 Å². The molecule has 11 heavy (non-hydrogen) atoms. The monoisotopic (exact) mass is 193 g/mol. The molecular formula is C6H15NO2SSi. The quantitative estimate of drug-likeness (QED) is 0.677. The van der Waals surface area contributed by atoms with E-state index in [1.807, 2.05) is 19.6 Å². The van der Waals surface area contributed by atoms with Gasteiger partial charge in [-0.3, -0.25) is 0 Å². The maximum absolute atomic E-state index is 11.3. The Morgan fingerprint density at radius 2 is 1.73 bits per heavy atom. The highest BCUT2D eigenvalue weighted by molar-refractivity contribution is 7.91. The molecule has 1 aliphatic carbocycles. The van der Waals surface area contributed by atoms with E-state index in [9.17, 15) is 8.42 Å². The van der Waals surface area contributed by atoms with Gasteiger partial charge in [-0.2, -0.15) is 0 Å². The second kappa shape index (κ2) is 2.57. The van der Waals surface area contributed by atoms with Gasteiger partial charge in [0.05, 0.1) is 5.25 Å². The first-order valence-electron chi connectivity index (χ1n) is 3.84. The minimum Gasteiger partial charge on any atom is -0.237 e. The van der Waals surface area contributed by atoms with Gasteiger partial charge in [0.2, 0.25) is 10.0 Å². The SMILES string of the molecule is C[Si](C)(C)NS(=O)(=O)C1CC1.